The van der Waals surface area contributed by atoms with Crippen LogP contribution in [0.4, 0.5) is 10.1 Å². The molecule has 0 atom stereocenters. The number of anilines is 1. The van der Waals surface area contributed by atoms with Crippen LogP contribution in [-0.2, 0) is 10.0 Å². The summed E-state index contributed by atoms with van der Waals surface area (Å²) in [6.07, 6.45) is 0. The van der Waals surface area contributed by atoms with E-state index in [2.05, 4.69) is 20.7 Å². The van der Waals surface area contributed by atoms with Crippen LogP contribution in [0.15, 0.2) is 57.9 Å². The molecule has 0 aromatic heterocycles. The first-order valence-corrected chi connectivity index (χ1v) is 7.29. The molecule has 0 spiro atoms. The molecule has 1 N–H and O–H groups in total. The van der Waals surface area contributed by atoms with Gasteiger partial charge < -0.3 is 0 Å². The molecule has 0 saturated carbocycles. The molecule has 0 heterocycles. The van der Waals surface area contributed by atoms with Crippen LogP contribution >= 0.6 is 15.9 Å². The fourth-order valence-electron chi connectivity index (χ4n) is 1.37. The molecule has 0 unspecified atom stereocenters. The van der Waals surface area contributed by atoms with Gasteiger partial charge >= 0.3 is 0 Å². The van der Waals surface area contributed by atoms with Crippen LogP contribution in [0.25, 0.3) is 0 Å². The van der Waals surface area contributed by atoms with E-state index >= 15 is 0 Å². The third-order valence-corrected chi connectivity index (χ3v) is 4.27. The van der Waals surface area contributed by atoms with E-state index < -0.39 is 15.8 Å². The number of rotatable bonds is 3. The van der Waals surface area contributed by atoms with Crippen molar-refractivity contribution >= 4 is 31.6 Å². The Morgan fingerprint density at radius 3 is 2.33 bits per heavy atom. The summed E-state index contributed by atoms with van der Waals surface area (Å²) in [5.41, 5.74) is 0.180. The molecule has 0 fully saturated rings. The first kappa shape index (κ1) is 13.0. The summed E-state index contributed by atoms with van der Waals surface area (Å²) in [5, 5.41) is 0. The highest BCUT2D eigenvalue weighted by atomic mass is 79.9. The van der Waals surface area contributed by atoms with Gasteiger partial charge in [0.15, 0.2) is 0 Å². The van der Waals surface area contributed by atoms with Crippen LogP contribution in [0.2, 0.25) is 0 Å². The second kappa shape index (κ2) is 5.07. The maximum atomic E-state index is 13.3. The summed E-state index contributed by atoms with van der Waals surface area (Å²) in [6.45, 7) is 0. The third kappa shape index (κ3) is 2.88. The predicted molar refractivity (Wildman–Crippen MR) is 71.4 cm³/mol. The predicted octanol–water partition coefficient (Wildman–Crippen LogP) is 3.39. The maximum absolute atomic E-state index is 13.3. The zero-order chi connectivity index (χ0) is 13.2. The molecule has 0 aliphatic heterocycles. The lowest BCUT2D eigenvalue weighted by molar-refractivity contribution is 0.601. The van der Waals surface area contributed by atoms with E-state index in [1.807, 2.05) is 0 Å². The molecule has 2 aromatic carbocycles. The Hall–Kier alpha value is -1.40. The molecule has 18 heavy (non-hydrogen) atoms. The summed E-state index contributed by atoms with van der Waals surface area (Å²) in [7, 11) is -3.67. The summed E-state index contributed by atoms with van der Waals surface area (Å²) in [6, 6.07) is 11.9. The van der Waals surface area contributed by atoms with Crippen molar-refractivity contribution < 1.29 is 12.8 Å². The summed E-state index contributed by atoms with van der Waals surface area (Å²) >= 11 is 3.00. The van der Waals surface area contributed by atoms with Crippen molar-refractivity contribution in [1.29, 1.82) is 0 Å². The van der Waals surface area contributed by atoms with E-state index in [9.17, 15) is 12.8 Å². The first-order valence-electron chi connectivity index (χ1n) is 5.02. The van der Waals surface area contributed by atoms with Gasteiger partial charge in [0.1, 0.15) is 5.82 Å². The van der Waals surface area contributed by atoms with Crippen molar-refractivity contribution in [1.82, 2.24) is 0 Å². The third-order valence-electron chi connectivity index (χ3n) is 2.23. The lowest BCUT2D eigenvalue weighted by Gasteiger charge is -2.08. The Kier molecular flexibility index (Phi) is 3.68. The zero-order valence-corrected chi connectivity index (χ0v) is 11.5. The van der Waals surface area contributed by atoms with E-state index in [-0.39, 0.29) is 15.1 Å². The maximum Gasteiger partial charge on any atom is 0.261 e. The highest BCUT2D eigenvalue weighted by Crippen LogP contribution is 2.21. The average Bonchev–Trinajstić information content (AvgIpc) is 2.35. The van der Waals surface area contributed by atoms with Gasteiger partial charge in [-0.05, 0) is 46.3 Å². The lowest BCUT2D eigenvalue weighted by Crippen LogP contribution is -2.12. The number of halogens is 2. The number of hydrogen-bond donors (Lipinski definition) is 1. The van der Waals surface area contributed by atoms with E-state index in [0.29, 0.717) is 0 Å². The molecular weight excluding hydrogens is 321 g/mol. The Bertz CT molecular complexity index is 659. The lowest BCUT2D eigenvalue weighted by atomic mass is 10.3. The van der Waals surface area contributed by atoms with Gasteiger partial charge in [-0.15, -0.1) is 0 Å². The molecule has 3 nitrogen and oxygen atoms in total. The van der Waals surface area contributed by atoms with Crippen LogP contribution in [-0.4, -0.2) is 8.42 Å². The normalized spacial score (nSPS) is 11.2. The van der Waals surface area contributed by atoms with Gasteiger partial charge in [-0.2, -0.15) is 0 Å². The molecule has 0 radical (unpaired) electrons. The van der Waals surface area contributed by atoms with Crippen LogP contribution in [0, 0.1) is 5.82 Å². The fraction of sp³-hybridized carbons (Fsp3) is 0. The summed E-state index contributed by atoms with van der Waals surface area (Å²) in [4.78, 5) is 0.133. The van der Waals surface area contributed by atoms with Gasteiger partial charge in [0.05, 0.1) is 15.1 Å². The standard InChI is InChI=1S/C12H9BrFNO2S/c13-11-7-6-9(8-12(11)14)15-18(16,17)10-4-2-1-3-5-10/h1-8,15H. The fourth-order valence-corrected chi connectivity index (χ4v) is 2.69. The summed E-state index contributed by atoms with van der Waals surface area (Å²) < 4.78 is 39.8. The molecule has 2 aromatic rings. The molecular formula is C12H9BrFNO2S. The Morgan fingerprint density at radius 2 is 1.72 bits per heavy atom. The SMILES string of the molecule is O=S(=O)(Nc1ccc(Br)c(F)c1)c1ccccc1. The molecule has 0 amide bonds. The molecule has 94 valence electrons. The number of sulfonamides is 1. The topological polar surface area (TPSA) is 46.2 Å². The van der Waals surface area contributed by atoms with Crippen molar-refractivity contribution in [3.05, 3.63) is 58.8 Å². The first-order chi connectivity index (χ1) is 8.49. The van der Waals surface area contributed by atoms with Crippen LogP contribution in [0.5, 0.6) is 0 Å². The van der Waals surface area contributed by atoms with Crippen molar-refractivity contribution in [2.45, 2.75) is 4.90 Å². The Balaban J connectivity index is 2.31. The second-order valence-electron chi connectivity index (χ2n) is 3.55. The Morgan fingerprint density at radius 1 is 1.06 bits per heavy atom. The second-order valence-corrected chi connectivity index (χ2v) is 6.08. The van der Waals surface area contributed by atoms with Gasteiger partial charge in [0.25, 0.3) is 10.0 Å². The molecule has 0 bridgehead atoms. The minimum atomic E-state index is -3.67. The van der Waals surface area contributed by atoms with E-state index in [4.69, 9.17) is 0 Å². The van der Waals surface area contributed by atoms with Gasteiger partial charge in [-0.1, -0.05) is 18.2 Å². The van der Waals surface area contributed by atoms with Crippen molar-refractivity contribution in [2.75, 3.05) is 4.72 Å². The molecule has 0 saturated heterocycles. The Labute approximate surface area is 113 Å². The van der Waals surface area contributed by atoms with Gasteiger partial charge in [-0.3, -0.25) is 4.72 Å². The van der Waals surface area contributed by atoms with E-state index in [0.717, 1.165) is 6.07 Å². The number of hydrogen-bond acceptors (Lipinski definition) is 2. The average molecular weight is 330 g/mol. The van der Waals surface area contributed by atoms with Gasteiger partial charge in [-0.25, -0.2) is 12.8 Å². The quantitative estimate of drug-likeness (QED) is 0.938. The van der Waals surface area contributed by atoms with Crippen molar-refractivity contribution in [2.24, 2.45) is 0 Å². The molecule has 0 aliphatic rings. The molecule has 0 aliphatic carbocycles. The number of benzene rings is 2. The van der Waals surface area contributed by atoms with E-state index in [1.54, 1.807) is 18.2 Å². The number of nitrogens with one attached hydrogen (secondary N) is 1. The van der Waals surface area contributed by atoms with E-state index in [1.165, 1.54) is 24.3 Å². The van der Waals surface area contributed by atoms with Gasteiger partial charge in [0.2, 0.25) is 0 Å². The monoisotopic (exact) mass is 329 g/mol. The minimum absolute atomic E-state index is 0.133. The highest BCUT2D eigenvalue weighted by Gasteiger charge is 2.13. The minimum Gasteiger partial charge on any atom is -0.280 e. The van der Waals surface area contributed by atoms with Crippen LogP contribution in [0.1, 0.15) is 0 Å². The summed E-state index contributed by atoms with van der Waals surface area (Å²) in [5.74, 6) is -0.525. The zero-order valence-electron chi connectivity index (χ0n) is 9.10. The van der Waals surface area contributed by atoms with Crippen molar-refractivity contribution in [3.63, 3.8) is 0 Å². The van der Waals surface area contributed by atoms with Crippen LogP contribution < -0.4 is 4.72 Å². The highest BCUT2D eigenvalue weighted by molar-refractivity contribution is 9.10. The smallest absolute Gasteiger partial charge is 0.261 e. The largest absolute Gasteiger partial charge is 0.280 e. The van der Waals surface area contributed by atoms with Crippen molar-refractivity contribution in [3.8, 4) is 0 Å². The molecule has 6 heteroatoms. The van der Waals surface area contributed by atoms with Crippen LogP contribution in [0.3, 0.4) is 0 Å². The van der Waals surface area contributed by atoms with Gasteiger partial charge in [0, 0.05) is 0 Å². The molecule has 2 rings (SSSR count).